The van der Waals surface area contributed by atoms with E-state index in [-0.39, 0.29) is 6.04 Å². The lowest BCUT2D eigenvalue weighted by Crippen LogP contribution is -2.37. The molecule has 0 bridgehead atoms. The molecule has 0 fully saturated rings. The molecule has 4 heteroatoms. The zero-order valence-corrected chi connectivity index (χ0v) is 11.2. The highest BCUT2D eigenvalue weighted by atomic mass is 127. The Morgan fingerprint density at radius 2 is 2.19 bits per heavy atom. The van der Waals surface area contributed by atoms with Gasteiger partial charge in [0.2, 0.25) is 0 Å². The molecule has 0 saturated carbocycles. The molecule has 0 aliphatic heterocycles. The van der Waals surface area contributed by atoms with Crippen molar-refractivity contribution in [2.75, 3.05) is 7.05 Å². The summed E-state index contributed by atoms with van der Waals surface area (Å²) >= 11 is 2.36. The number of halogens is 1. The quantitative estimate of drug-likeness (QED) is 0.635. The maximum Gasteiger partial charge on any atom is 0.407 e. The first-order valence-corrected chi connectivity index (χ1v) is 6.53. The molecule has 86 valence electrons. The van der Waals surface area contributed by atoms with Gasteiger partial charge in [0, 0.05) is 11.0 Å². The van der Waals surface area contributed by atoms with Crippen molar-refractivity contribution in [3.05, 3.63) is 35.4 Å². The topological polar surface area (TPSA) is 40.5 Å². The zero-order valence-electron chi connectivity index (χ0n) is 9.06. The molecule has 1 aliphatic rings. The summed E-state index contributed by atoms with van der Waals surface area (Å²) in [5.74, 6) is 0. The van der Waals surface area contributed by atoms with Crippen LogP contribution in [0.25, 0.3) is 0 Å². The second-order valence-electron chi connectivity index (χ2n) is 4.09. The van der Waals surface area contributed by atoms with Crippen molar-refractivity contribution in [1.82, 2.24) is 4.90 Å². The molecule has 1 aromatic rings. The highest BCUT2D eigenvalue weighted by molar-refractivity contribution is 14.1. The van der Waals surface area contributed by atoms with Gasteiger partial charge in [0.05, 0.1) is 6.04 Å². The van der Waals surface area contributed by atoms with Crippen LogP contribution in [0.5, 0.6) is 0 Å². The molecule has 1 N–H and O–H groups in total. The molecule has 1 aliphatic carbocycles. The van der Waals surface area contributed by atoms with Crippen LogP contribution in [0.4, 0.5) is 4.79 Å². The van der Waals surface area contributed by atoms with Crippen LogP contribution in [0, 0.1) is 0 Å². The maximum absolute atomic E-state index is 11.1. The van der Waals surface area contributed by atoms with Crippen LogP contribution in [0.1, 0.15) is 23.6 Å². The monoisotopic (exact) mass is 331 g/mol. The van der Waals surface area contributed by atoms with E-state index in [0.717, 1.165) is 18.4 Å². The molecule has 3 nitrogen and oxygen atoms in total. The van der Waals surface area contributed by atoms with E-state index in [9.17, 15) is 4.79 Å². The normalized spacial score (nSPS) is 23.6. The number of rotatable bonds is 1. The number of carbonyl (C=O) groups is 1. The van der Waals surface area contributed by atoms with Gasteiger partial charge in [-0.25, -0.2) is 4.79 Å². The Morgan fingerprint density at radius 1 is 1.50 bits per heavy atom. The SMILES string of the molecule is CN(C(=O)O)C1c2ccccc2CCC1I. The molecule has 16 heavy (non-hydrogen) atoms. The highest BCUT2D eigenvalue weighted by Crippen LogP contribution is 2.37. The number of fused-ring (bicyclic) bond motifs is 1. The predicted molar refractivity (Wildman–Crippen MR) is 71.1 cm³/mol. The zero-order chi connectivity index (χ0) is 11.7. The fraction of sp³-hybridized carbons (Fsp3) is 0.417. The average Bonchev–Trinajstić information content (AvgIpc) is 2.28. The Bertz CT molecular complexity index is 408. The minimum atomic E-state index is -0.858. The third-order valence-electron chi connectivity index (χ3n) is 3.12. The van der Waals surface area contributed by atoms with E-state index in [4.69, 9.17) is 5.11 Å². The number of amides is 1. The van der Waals surface area contributed by atoms with E-state index in [1.807, 2.05) is 18.2 Å². The van der Waals surface area contributed by atoms with Crippen molar-refractivity contribution in [2.24, 2.45) is 0 Å². The van der Waals surface area contributed by atoms with Gasteiger partial charge in [0.1, 0.15) is 0 Å². The number of hydrogen-bond acceptors (Lipinski definition) is 1. The minimum absolute atomic E-state index is 0.0111. The highest BCUT2D eigenvalue weighted by Gasteiger charge is 2.32. The standard InChI is InChI=1S/C12H14INO2/c1-14(12(15)16)11-9-5-3-2-4-8(9)6-7-10(11)13/h2-5,10-11H,6-7H2,1H3,(H,15,16). The molecular weight excluding hydrogens is 317 g/mol. The first kappa shape index (κ1) is 11.7. The van der Waals surface area contributed by atoms with Crippen LogP contribution in [0.15, 0.2) is 24.3 Å². The van der Waals surface area contributed by atoms with E-state index in [1.165, 1.54) is 10.5 Å². The minimum Gasteiger partial charge on any atom is -0.465 e. The van der Waals surface area contributed by atoms with Crippen molar-refractivity contribution < 1.29 is 9.90 Å². The lowest BCUT2D eigenvalue weighted by atomic mass is 9.87. The molecule has 0 aromatic heterocycles. The van der Waals surface area contributed by atoms with Crippen LogP contribution >= 0.6 is 22.6 Å². The summed E-state index contributed by atoms with van der Waals surface area (Å²) in [5, 5.41) is 9.10. The van der Waals surface area contributed by atoms with E-state index in [1.54, 1.807) is 7.05 Å². The van der Waals surface area contributed by atoms with Gasteiger partial charge < -0.3 is 10.0 Å². The molecular formula is C12H14INO2. The number of alkyl halides is 1. The number of benzene rings is 1. The van der Waals surface area contributed by atoms with Crippen molar-refractivity contribution in [2.45, 2.75) is 22.8 Å². The molecule has 1 amide bonds. The van der Waals surface area contributed by atoms with Gasteiger partial charge in [-0.3, -0.25) is 0 Å². The lowest BCUT2D eigenvalue weighted by molar-refractivity contribution is 0.136. The van der Waals surface area contributed by atoms with Gasteiger partial charge in [-0.2, -0.15) is 0 Å². The Labute approximate surface area is 109 Å². The Morgan fingerprint density at radius 3 is 2.88 bits per heavy atom. The van der Waals surface area contributed by atoms with E-state index in [0.29, 0.717) is 3.92 Å². The second kappa shape index (κ2) is 4.61. The number of hydrogen-bond donors (Lipinski definition) is 1. The number of carboxylic acid groups (broad SMARTS) is 1. The van der Waals surface area contributed by atoms with E-state index in [2.05, 4.69) is 28.7 Å². The Balaban J connectivity index is 2.40. The first-order valence-electron chi connectivity index (χ1n) is 5.29. The van der Waals surface area contributed by atoms with Gasteiger partial charge in [-0.15, -0.1) is 0 Å². The predicted octanol–water partition coefficient (Wildman–Crippen LogP) is 3.09. The third-order valence-corrected chi connectivity index (χ3v) is 4.43. The molecule has 2 atom stereocenters. The molecule has 0 heterocycles. The summed E-state index contributed by atoms with van der Waals surface area (Å²) in [6.45, 7) is 0. The lowest BCUT2D eigenvalue weighted by Gasteiger charge is -2.35. The molecule has 0 radical (unpaired) electrons. The van der Waals surface area contributed by atoms with Gasteiger partial charge in [-0.1, -0.05) is 46.9 Å². The molecule has 0 saturated heterocycles. The van der Waals surface area contributed by atoms with Crippen LogP contribution in [0.2, 0.25) is 0 Å². The van der Waals surface area contributed by atoms with Crippen LogP contribution < -0.4 is 0 Å². The summed E-state index contributed by atoms with van der Waals surface area (Å²) in [5.41, 5.74) is 2.45. The Kier molecular flexibility index (Phi) is 3.37. The third kappa shape index (κ3) is 2.03. The smallest absolute Gasteiger partial charge is 0.407 e. The molecule has 2 unspecified atom stereocenters. The summed E-state index contributed by atoms with van der Waals surface area (Å²) in [6.07, 6.45) is 1.23. The van der Waals surface area contributed by atoms with Crippen molar-refractivity contribution in [3.8, 4) is 0 Å². The van der Waals surface area contributed by atoms with E-state index >= 15 is 0 Å². The van der Waals surface area contributed by atoms with Crippen LogP contribution in [-0.4, -0.2) is 27.1 Å². The summed E-state index contributed by atoms with van der Waals surface area (Å²) in [7, 11) is 1.65. The average molecular weight is 331 g/mol. The summed E-state index contributed by atoms with van der Waals surface area (Å²) in [4.78, 5) is 12.5. The maximum atomic E-state index is 11.1. The van der Waals surface area contributed by atoms with Gasteiger partial charge >= 0.3 is 6.09 Å². The molecule has 0 spiro atoms. The van der Waals surface area contributed by atoms with Gasteiger partial charge in [0.15, 0.2) is 0 Å². The van der Waals surface area contributed by atoms with Gasteiger partial charge in [0.25, 0.3) is 0 Å². The fourth-order valence-electron chi connectivity index (χ4n) is 2.27. The molecule has 2 rings (SSSR count). The Hall–Kier alpha value is -0.780. The van der Waals surface area contributed by atoms with Crippen molar-refractivity contribution >= 4 is 28.7 Å². The van der Waals surface area contributed by atoms with E-state index < -0.39 is 6.09 Å². The summed E-state index contributed by atoms with van der Waals surface area (Å²) < 4.78 is 0.355. The number of aryl methyl sites for hydroxylation is 1. The first-order chi connectivity index (χ1) is 7.61. The van der Waals surface area contributed by atoms with Gasteiger partial charge in [-0.05, 0) is 24.0 Å². The second-order valence-corrected chi connectivity index (χ2v) is 5.69. The largest absolute Gasteiger partial charge is 0.465 e. The van der Waals surface area contributed by atoms with Crippen molar-refractivity contribution in [3.63, 3.8) is 0 Å². The number of nitrogens with zero attached hydrogens (tertiary/aromatic N) is 1. The van der Waals surface area contributed by atoms with Crippen LogP contribution in [0.3, 0.4) is 0 Å². The molecule has 1 aromatic carbocycles. The fourth-order valence-corrected chi connectivity index (χ4v) is 3.45. The van der Waals surface area contributed by atoms with Crippen molar-refractivity contribution in [1.29, 1.82) is 0 Å². The van der Waals surface area contributed by atoms with Crippen LogP contribution in [-0.2, 0) is 6.42 Å². The summed E-state index contributed by atoms with van der Waals surface area (Å²) in [6, 6.07) is 8.13.